The van der Waals surface area contributed by atoms with Gasteiger partial charge in [-0.2, -0.15) is 0 Å². The molecule has 1 aliphatic heterocycles. The van der Waals surface area contributed by atoms with Crippen molar-refractivity contribution in [2.75, 3.05) is 6.54 Å². The maximum Gasteiger partial charge on any atom is 0.223 e. The fourth-order valence-corrected chi connectivity index (χ4v) is 3.72. The van der Waals surface area contributed by atoms with E-state index in [-0.39, 0.29) is 0 Å². The Kier molecular flexibility index (Phi) is 5.04. The SMILES string of the molecule is CC1CCCC(CN)N1C(=O)CCC1CCCC1. The molecule has 2 unspecified atom stereocenters. The van der Waals surface area contributed by atoms with Crippen LogP contribution in [0.15, 0.2) is 0 Å². The first-order valence-electron chi connectivity index (χ1n) is 7.73. The first-order valence-corrected chi connectivity index (χ1v) is 7.73. The molecule has 1 aliphatic carbocycles. The van der Waals surface area contributed by atoms with Gasteiger partial charge in [0.25, 0.3) is 0 Å². The predicted octanol–water partition coefficient (Wildman–Crippen LogP) is 2.69. The van der Waals surface area contributed by atoms with Crippen LogP contribution in [0.5, 0.6) is 0 Å². The third-order valence-electron chi connectivity index (χ3n) is 4.83. The lowest BCUT2D eigenvalue weighted by atomic mass is 9.94. The lowest BCUT2D eigenvalue weighted by molar-refractivity contribution is -0.137. The third-order valence-corrected chi connectivity index (χ3v) is 4.83. The van der Waals surface area contributed by atoms with Gasteiger partial charge in [-0.1, -0.05) is 25.7 Å². The summed E-state index contributed by atoms with van der Waals surface area (Å²) in [7, 11) is 0. The van der Waals surface area contributed by atoms with E-state index < -0.39 is 0 Å². The zero-order chi connectivity index (χ0) is 13.0. The van der Waals surface area contributed by atoms with Crippen molar-refractivity contribution in [3.05, 3.63) is 0 Å². The van der Waals surface area contributed by atoms with Crippen LogP contribution in [0.2, 0.25) is 0 Å². The van der Waals surface area contributed by atoms with Crippen LogP contribution in [0.3, 0.4) is 0 Å². The molecule has 1 heterocycles. The van der Waals surface area contributed by atoms with E-state index >= 15 is 0 Å². The fraction of sp³-hybridized carbons (Fsp3) is 0.933. The standard InChI is InChI=1S/C15H28N2O/c1-12-5-4-8-14(11-16)17(12)15(18)10-9-13-6-2-3-7-13/h12-14H,2-11,16H2,1H3. The summed E-state index contributed by atoms with van der Waals surface area (Å²) in [6, 6.07) is 0.688. The number of rotatable bonds is 4. The van der Waals surface area contributed by atoms with Crippen molar-refractivity contribution in [2.24, 2.45) is 11.7 Å². The number of hydrogen-bond donors (Lipinski definition) is 1. The molecule has 0 aromatic carbocycles. The van der Waals surface area contributed by atoms with Gasteiger partial charge in [0.2, 0.25) is 5.91 Å². The van der Waals surface area contributed by atoms with Gasteiger partial charge in [-0.25, -0.2) is 0 Å². The van der Waals surface area contributed by atoms with Gasteiger partial charge in [0, 0.05) is 25.0 Å². The predicted molar refractivity (Wildman–Crippen MR) is 74.2 cm³/mol. The van der Waals surface area contributed by atoms with Gasteiger partial charge in [-0.3, -0.25) is 4.79 Å². The quantitative estimate of drug-likeness (QED) is 0.836. The Morgan fingerprint density at radius 2 is 1.89 bits per heavy atom. The summed E-state index contributed by atoms with van der Waals surface area (Å²) >= 11 is 0. The molecule has 0 spiro atoms. The van der Waals surface area contributed by atoms with Gasteiger partial charge in [0.05, 0.1) is 0 Å². The second-order valence-corrected chi connectivity index (χ2v) is 6.16. The first kappa shape index (κ1) is 13.9. The number of nitrogens with zero attached hydrogens (tertiary/aromatic N) is 1. The van der Waals surface area contributed by atoms with Gasteiger partial charge in [0.1, 0.15) is 0 Å². The van der Waals surface area contributed by atoms with Crippen molar-refractivity contribution >= 4 is 5.91 Å². The molecule has 2 aliphatic rings. The molecule has 2 fully saturated rings. The molecule has 0 aromatic rings. The van der Waals surface area contributed by atoms with E-state index in [2.05, 4.69) is 11.8 Å². The molecular formula is C15H28N2O. The van der Waals surface area contributed by atoms with Crippen LogP contribution >= 0.6 is 0 Å². The Labute approximate surface area is 111 Å². The highest BCUT2D eigenvalue weighted by Crippen LogP contribution is 2.30. The average Bonchev–Trinajstić information content (AvgIpc) is 2.88. The second-order valence-electron chi connectivity index (χ2n) is 6.16. The fourth-order valence-electron chi connectivity index (χ4n) is 3.72. The van der Waals surface area contributed by atoms with E-state index in [4.69, 9.17) is 5.73 Å². The van der Waals surface area contributed by atoms with Gasteiger partial charge in [-0.05, 0) is 38.5 Å². The molecule has 2 rings (SSSR count). The number of nitrogens with two attached hydrogens (primary N) is 1. The molecule has 1 saturated carbocycles. The summed E-state index contributed by atoms with van der Waals surface area (Å²) in [6.45, 7) is 2.80. The Balaban J connectivity index is 1.84. The summed E-state index contributed by atoms with van der Waals surface area (Å²) in [4.78, 5) is 14.5. The van der Waals surface area contributed by atoms with Crippen molar-refractivity contribution < 1.29 is 4.79 Å². The van der Waals surface area contributed by atoms with Crippen LogP contribution in [0.25, 0.3) is 0 Å². The Hall–Kier alpha value is -0.570. The normalized spacial score (nSPS) is 29.8. The van der Waals surface area contributed by atoms with Crippen LogP contribution in [-0.4, -0.2) is 29.4 Å². The minimum absolute atomic E-state index is 0.296. The third kappa shape index (κ3) is 3.25. The topological polar surface area (TPSA) is 46.3 Å². The van der Waals surface area contributed by atoms with Crippen LogP contribution < -0.4 is 5.73 Å². The summed E-state index contributed by atoms with van der Waals surface area (Å²) in [5.74, 6) is 1.16. The molecular weight excluding hydrogens is 224 g/mol. The zero-order valence-electron chi connectivity index (χ0n) is 11.7. The maximum atomic E-state index is 12.4. The van der Waals surface area contributed by atoms with E-state index in [0.29, 0.717) is 24.5 Å². The van der Waals surface area contributed by atoms with Crippen LogP contribution in [0.1, 0.15) is 64.7 Å². The maximum absolute atomic E-state index is 12.4. The van der Waals surface area contributed by atoms with Crippen molar-refractivity contribution in [3.63, 3.8) is 0 Å². The van der Waals surface area contributed by atoms with Crippen LogP contribution in [0, 0.1) is 5.92 Å². The lowest BCUT2D eigenvalue weighted by Gasteiger charge is -2.40. The minimum Gasteiger partial charge on any atom is -0.336 e. The number of likely N-dealkylation sites (tertiary alicyclic amines) is 1. The number of carbonyl (C=O) groups excluding carboxylic acids is 1. The first-order chi connectivity index (χ1) is 8.72. The monoisotopic (exact) mass is 252 g/mol. The largest absolute Gasteiger partial charge is 0.336 e. The number of piperidine rings is 1. The van der Waals surface area contributed by atoms with E-state index in [9.17, 15) is 4.79 Å². The minimum atomic E-state index is 0.296. The van der Waals surface area contributed by atoms with Crippen molar-refractivity contribution in [1.82, 2.24) is 4.90 Å². The molecule has 3 nitrogen and oxygen atoms in total. The summed E-state index contributed by atoms with van der Waals surface area (Å²) in [6.07, 6.45) is 10.7. The highest BCUT2D eigenvalue weighted by Gasteiger charge is 2.30. The molecule has 1 saturated heterocycles. The molecule has 0 radical (unpaired) electrons. The molecule has 18 heavy (non-hydrogen) atoms. The van der Waals surface area contributed by atoms with Crippen molar-refractivity contribution in [2.45, 2.75) is 76.8 Å². The Bertz CT molecular complexity index is 274. The van der Waals surface area contributed by atoms with E-state index in [0.717, 1.165) is 31.6 Å². The molecule has 2 atom stereocenters. The van der Waals surface area contributed by atoms with Gasteiger partial charge in [0.15, 0.2) is 0 Å². The van der Waals surface area contributed by atoms with Gasteiger partial charge in [-0.15, -0.1) is 0 Å². The summed E-state index contributed by atoms with van der Waals surface area (Å²) < 4.78 is 0. The second kappa shape index (κ2) is 6.55. The van der Waals surface area contributed by atoms with Crippen molar-refractivity contribution in [3.8, 4) is 0 Å². The lowest BCUT2D eigenvalue weighted by Crippen LogP contribution is -2.51. The average molecular weight is 252 g/mol. The van der Waals surface area contributed by atoms with Gasteiger partial charge < -0.3 is 10.6 Å². The number of hydrogen-bond acceptors (Lipinski definition) is 2. The molecule has 1 amide bonds. The Morgan fingerprint density at radius 1 is 1.17 bits per heavy atom. The van der Waals surface area contributed by atoms with Gasteiger partial charge >= 0.3 is 0 Å². The molecule has 3 heteroatoms. The summed E-state index contributed by atoms with van der Waals surface area (Å²) in [5.41, 5.74) is 5.82. The molecule has 0 bridgehead atoms. The highest BCUT2D eigenvalue weighted by molar-refractivity contribution is 5.77. The smallest absolute Gasteiger partial charge is 0.223 e. The van der Waals surface area contributed by atoms with Crippen molar-refractivity contribution in [1.29, 1.82) is 0 Å². The highest BCUT2D eigenvalue weighted by atomic mass is 16.2. The molecule has 0 aromatic heterocycles. The van der Waals surface area contributed by atoms with Crippen LogP contribution in [-0.2, 0) is 4.79 Å². The molecule has 104 valence electrons. The number of amides is 1. The molecule has 2 N–H and O–H groups in total. The zero-order valence-corrected chi connectivity index (χ0v) is 11.7. The van der Waals surface area contributed by atoms with Crippen LogP contribution in [0.4, 0.5) is 0 Å². The van der Waals surface area contributed by atoms with E-state index in [1.807, 2.05) is 0 Å². The van der Waals surface area contributed by atoms with E-state index in [1.165, 1.54) is 32.1 Å². The summed E-state index contributed by atoms with van der Waals surface area (Å²) in [5, 5.41) is 0. The van der Waals surface area contributed by atoms with E-state index in [1.54, 1.807) is 0 Å². The number of carbonyl (C=O) groups is 1. The Morgan fingerprint density at radius 3 is 2.56 bits per heavy atom.